The molecule has 2 aromatic carbocycles. The van der Waals surface area contributed by atoms with Crippen molar-refractivity contribution in [2.75, 3.05) is 11.1 Å². The van der Waals surface area contributed by atoms with E-state index < -0.39 is 0 Å². The number of carbonyl (C=O) groups is 1. The fourth-order valence-corrected chi connectivity index (χ4v) is 3.15. The van der Waals surface area contributed by atoms with Gasteiger partial charge < -0.3 is 11.1 Å². The minimum absolute atomic E-state index is 0.222. The number of hydrogen-bond acceptors (Lipinski definition) is 5. The number of nitrogens with two attached hydrogens (primary N) is 1. The number of nitrogens with zero attached hydrogens (tertiary/aromatic N) is 3. The van der Waals surface area contributed by atoms with Crippen molar-refractivity contribution in [3.8, 4) is 11.1 Å². The molecule has 0 aliphatic carbocycles. The molecule has 0 saturated heterocycles. The third kappa shape index (κ3) is 3.63. The van der Waals surface area contributed by atoms with Gasteiger partial charge in [-0.1, -0.05) is 23.7 Å². The van der Waals surface area contributed by atoms with Gasteiger partial charge in [0.05, 0.1) is 5.52 Å². The number of anilines is 2. The van der Waals surface area contributed by atoms with Crippen LogP contribution in [0.1, 0.15) is 15.9 Å². The first-order chi connectivity index (χ1) is 13.5. The van der Waals surface area contributed by atoms with Gasteiger partial charge in [0.2, 0.25) is 5.95 Å². The Kier molecular flexibility index (Phi) is 4.63. The highest BCUT2D eigenvalue weighted by Crippen LogP contribution is 2.28. The van der Waals surface area contributed by atoms with Gasteiger partial charge in [0, 0.05) is 29.0 Å². The Labute approximate surface area is 166 Å². The number of hydrogen-bond donors (Lipinski definition) is 2. The normalized spacial score (nSPS) is 10.8. The molecule has 138 valence electrons. The van der Waals surface area contributed by atoms with Crippen molar-refractivity contribution in [2.45, 2.75) is 6.92 Å². The molecule has 2 heterocycles. The lowest BCUT2D eigenvalue weighted by Crippen LogP contribution is -2.12. The topological polar surface area (TPSA) is 93.8 Å². The van der Waals surface area contributed by atoms with E-state index in [4.69, 9.17) is 17.3 Å². The number of amides is 1. The van der Waals surface area contributed by atoms with Crippen LogP contribution in [0.2, 0.25) is 5.15 Å². The standard InChI is InChI=1S/C21H16ClN5O/c1-12-2-3-14(20(28)26-16-6-7-24-19(22)10-16)9-17(12)13-4-5-18-15(8-13)11-25-21(23)27-18/h2-11H,1H3,(H2,23,25,27)(H,24,26,28). The van der Waals surface area contributed by atoms with Gasteiger partial charge in [-0.3, -0.25) is 4.79 Å². The number of benzene rings is 2. The first-order valence-electron chi connectivity index (χ1n) is 8.56. The van der Waals surface area contributed by atoms with Crippen LogP contribution >= 0.6 is 11.6 Å². The van der Waals surface area contributed by atoms with E-state index in [-0.39, 0.29) is 11.9 Å². The number of aryl methyl sites for hydroxylation is 1. The maximum atomic E-state index is 12.7. The Hall–Kier alpha value is -3.51. The van der Waals surface area contributed by atoms with Crippen LogP contribution in [0.15, 0.2) is 60.9 Å². The van der Waals surface area contributed by atoms with Crippen LogP contribution in [-0.2, 0) is 0 Å². The molecule has 0 radical (unpaired) electrons. The highest BCUT2D eigenvalue weighted by molar-refractivity contribution is 6.29. The molecule has 1 amide bonds. The zero-order valence-corrected chi connectivity index (χ0v) is 15.7. The Balaban J connectivity index is 1.69. The molecule has 2 aromatic heterocycles. The summed E-state index contributed by atoms with van der Waals surface area (Å²) < 4.78 is 0. The molecular weight excluding hydrogens is 374 g/mol. The Morgan fingerprint density at radius 1 is 1.07 bits per heavy atom. The molecule has 3 N–H and O–H groups in total. The number of aromatic nitrogens is 3. The van der Waals surface area contributed by atoms with E-state index in [0.29, 0.717) is 16.4 Å². The van der Waals surface area contributed by atoms with Gasteiger partial charge in [-0.25, -0.2) is 15.0 Å². The summed E-state index contributed by atoms with van der Waals surface area (Å²) in [7, 11) is 0. The summed E-state index contributed by atoms with van der Waals surface area (Å²) in [5.74, 6) is 0.0201. The zero-order valence-electron chi connectivity index (χ0n) is 15.0. The molecule has 4 rings (SSSR count). The van der Waals surface area contributed by atoms with Gasteiger partial charge in [-0.15, -0.1) is 0 Å². The van der Waals surface area contributed by atoms with E-state index in [9.17, 15) is 4.79 Å². The number of fused-ring (bicyclic) bond motifs is 1. The van der Waals surface area contributed by atoms with Crippen LogP contribution in [0.25, 0.3) is 22.0 Å². The van der Waals surface area contributed by atoms with Crippen molar-refractivity contribution in [3.05, 3.63) is 77.2 Å². The molecule has 0 spiro atoms. The molecule has 4 aromatic rings. The molecular formula is C21H16ClN5O. The minimum Gasteiger partial charge on any atom is -0.368 e. The number of halogens is 1. The molecule has 0 atom stereocenters. The van der Waals surface area contributed by atoms with Gasteiger partial charge >= 0.3 is 0 Å². The van der Waals surface area contributed by atoms with E-state index in [1.54, 1.807) is 30.6 Å². The third-order valence-corrected chi connectivity index (χ3v) is 4.60. The number of nitrogen functional groups attached to an aromatic ring is 1. The Morgan fingerprint density at radius 3 is 2.75 bits per heavy atom. The van der Waals surface area contributed by atoms with E-state index in [0.717, 1.165) is 27.6 Å². The van der Waals surface area contributed by atoms with Crippen molar-refractivity contribution in [2.24, 2.45) is 0 Å². The average Bonchev–Trinajstić information content (AvgIpc) is 2.68. The number of nitrogens with one attached hydrogen (secondary N) is 1. The molecule has 0 aliphatic heterocycles. The lowest BCUT2D eigenvalue weighted by molar-refractivity contribution is 0.102. The summed E-state index contributed by atoms with van der Waals surface area (Å²) in [4.78, 5) is 24.8. The summed E-state index contributed by atoms with van der Waals surface area (Å²) >= 11 is 5.88. The second-order valence-corrected chi connectivity index (χ2v) is 6.74. The van der Waals surface area contributed by atoms with Crippen molar-refractivity contribution in [1.82, 2.24) is 15.0 Å². The van der Waals surface area contributed by atoms with Crippen LogP contribution in [0, 0.1) is 6.92 Å². The largest absolute Gasteiger partial charge is 0.368 e. The van der Waals surface area contributed by atoms with Crippen LogP contribution in [0.4, 0.5) is 11.6 Å². The number of rotatable bonds is 3. The molecule has 7 heteroatoms. The molecule has 28 heavy (non-hydrogen) atoms. The average molecular weight is 390 g/mol. The summed E-state index contributed by atoms with van der Waals surface area (Å²) in [6, 6.07) is 14.7. The molecule has 0 saturated carbocycles. The van der Waals surface area contributed by atoms with Gasteiger partial charge in [0.15, 0.2) is 0 Å². The summed E-state index contributed by atoms with van der Waals surface area (Å²) in [5.41, 5.74) is 10.5. The van der Waals surface area contributed by atoms with Gasteiger partial charge in [-0.05, 0) is 60.0 Å². The summed E-state index contributed by atoms with van der Waals surface area (Å²) in [5, 5.41) is 4.04. The third-order valence-electron chi connectivity index (χ3n) is 4.39. The van der Waals surface area contributed by atoms with Gasteiger partial charge in [0.1, 0.15) is 5.15 Å². The van der Waals surface area contributed by atoms with Crippen molar-refractivity contribution >= 4 is 40.0 Å². The monoisotopic (exact) mass is 389 g/mol. The van der Waals surface area contributed by atoms with Gasteiger partial charge in [0.25, 0.3) is 5.91 Å². The predicted molar refractivity (Wildman–Crippen MR) is 111 cm³/mol. The molecule has 6 nitrogen and oxygen atoms in total. The first-order valence-corrected chi connectivity index (χ1v) is 8.93. The quantitative estimate of drug-likeness (QED) is 0.503. The lowest BCUT2D eigenvalue weighted by Gasteiger charge is -2.11. The second kappa shape index (κ2) is 7.25. The first kappa shape index (κ1) is 17.9. The van der Waals surface area contributed by atoms with Crippen LogP contribution in [0.3, 0.4) is 0 Å². The van der Waals surface area contributed by atoms with Crippen LogP contribution in [0.5, 0.6) is 0 Å². The van der Waals surface area contributed by atoms with E-state index >= 15 is 0 Å². The minimum atomic E-state index is -0.222. The smallest absolute Gasteiger partial charge is 0.255 e. The van der Waals surface area contributed by atoms with Gasteiger partial charge in [-0.2, -0.15) is 0 Å². The molecule has 0 unspecified atom stereocenters. The van der Waals surface area contributed by atoms with Crippen molar-refractivity contribution in [1.29, 1.82) is 0 Å². The van der Waals surface area contributed by atoms with Crippen molar-refractivity contribution < 1.29 is 4.79 Å². The molecule has 0 aliphatic rings. The summed E-state index contributed by atoms with van der Waals surface area (Å²) in [6.07, 6.45) is 3.24. The van der Waals surface area contributed by atoms with E-state index in [1.807, 2.05) is 37.3 Å². The number of carbonyl (C=O) groups excluding carboxylic acids is 1. The lowest BCUT2D eigenvalue weighted by atomic mass is 9.97. The fourth-order valence-electron chi connectivity index (χ4n) is 2.97. The van der Waals surface area contributed by atoms with E-state index in [2.05, 4.69) is 20.3 Å². The highest BCUT2D eigenvalue weighted by atomic mass is 35.5. The maximum Gasteiger partial charge on any atom is 0.255 e. The van der Waals surface area contributed by atoms with Crippen LogP contribution in [-0.4, -0.2) is 20.9 Å². The highest BCUT2D eigenvalue weighted by Gasteiger charge is 2.11. The fraction of sp³-hybridized carbons (Fsp3) is 0.0476. The maximum absolute atomic E-state index is 12.7. The number of pyridine rings is 1. The predicted octanol–water partition coefficient (Wildman–Crippen LogP) is 4.49. The zero-order chi connectivity index (χ0) is 19.7. The van der Waals surface area contributed by atoms with Crippen LogP contribution < -0.4 is 11.1 Å². The van der Waals surface area contributed by atoms with Crippen molar-refractivity contribution in [3.63, 3.8) is 0 Å². The molecule has 0 fully saturated rings. The van der Waals surface area contributed by atoms with E-state index in [1.165, 1.54) is 0 Å². The second-order valence-electron chi connectivity index (χ2n) is 6.35. The SMILES string of the molecule is Cc1ccc(C(=O)Nc2ccnc(Cl)c2)cc1-c1ccc2nc(N)ncc2c1. The Bertz CT molecular complexity index is 1210. The molecule has 0 bridgehead atoms. The summed E-state index contributed by atoms with van der Waals surface area (Å²) in [6.45, 7) is 2.00. The Morgan fingerprint density at radius 2 is 1.93 bits per heavy atom.